The van der Waals surface area contributed by atoms with Gasteiger partial charge in [0, 0.05) is 16.6 Å². The lowest BCUT2D eigenvalue weighted by atomic mass is 10.0. The minimum absolute atomic E-state index is 0.0628. The highest BCUT2D eigenvalue weighted by atomic mass is 32.2. The predicted octanol–water partition coefficient (Wildman–Crippen LogP) is 5.41. The predicted molar refractivity (Wildman–Crippen MR) is 109 cm³/mol. The molecule has 0 bridgehead atoms. The smallest absolute Gasteiger partial charge is 0.203 e. The van der Waals surface area contributed by atoms with Gasteiger partial charge >= 0.3 is 0 Å². The SMILES string of the molecule is COc1cc([C@@H](CC(=O)c2ccco2)Sc2ccccc2)cc(OC)c1OC. The molecule has 0 spiro atoms. The van der Waals surface area contributed by atoms with Crippen molar-refractivity contribution in [1.82, 2.24) is 0 Å². The second-order valence-electron chi connectivity index (χ2n) is 5.98. The molecule has 6 heteroatoms. The summed E-state index contributed by atoms with van der Waals surface area (Å²) < 4.78 is 21.7. The standard InChI is InChI=1S/C22H22O5S/c1-24-19-12-15(13-20(25-2)22(19)26-3)21(28-16-8-5-4-6-9-16)14-17(23)18-10-7-11-27-18/h4-13,21H,14H2,1-3H3/t21-/m1/s1. The van der Waals surface area contributed by atoms with Crippen molar-refractivity contribution in [3.63, 3.8) is 0 Å². The van der Waals surface area contributed by atoms with Crippen LogP contribution in [0.25, 0.3) is 0 Å². The van der Waals surface area contributed by atoms with Crippen molar-refractivity contribution < 1.29 is 23.4 Å². The van der Waals surface area contributed by atoms with Gasteiger partial charge in [0.1, 0.15) is 0 Å². The third-order valence-electron chi connectivity index (χ3n) is 4.25. The van der Waals surface area contributed by atoms with Gasteiger partial charge in [-0.25, -0.2) is 0 Å². The van der Waals surface area contributed by atoms with Crippen molar-refractivity contribution in [3.05, 3.63) is 72.2 Å². The number of Topliss-reactive ketones (excluding diaryl/α,β-unsaturated/α-hetero) is 1. The Balaban J connectivity index is 1.99. The lowest BCUT2D eigenvalue weighted by Crippen LogP contribution is -2.06. The molecule has 0 saturated heterocycles. The number of rotatable bonds is 9. The van der Waals surface area contributed by atoms with Gasteiger partial charge in [-0.1, -0.05) is 18.2 Å². The molecule has 0 aliphatic rings. The number of furan rings is 1. The average Bonchev–Trinajstić information content (AvgIpc) is 3.28. The highest BCUT2D eigenvalue weighted by molar-refractivity contribution is 7.99. The highest BCUT2D eigenvalue weighted by Gasteiger charge is 2.23. The second kappa shape index (κ2) is 9.37. The summed E-state index contributed by atoms with van der Waals surface area (Å²) in [6.45, 7) is 0. The van der Waals surface area contributed by atoms with E-state index in [1.54, 1.807) is 45.2 Å². The molecule has 1 heterocycles. The van der Waals surface area contributed by atoms with E-state index in [-0.39, 0.29) is 17.5 Å². The van der Waals surface area contributed by atoms with Crippen LogP contribution in [0, 0.1) is 0 Å². The van der Waals surface area contributed by atoms with Crippen molar-refractivity contribution in [2.75, 3.05) is 21.3 Å². The maximum Gasteiger partial charge on any atom is 0.203 e. The van der Waals surface area contributed by atoms with E-state index < -0.39 is 0 Å². The Bertz CT molecular complexity index is 881. The van der Waals surface area contributed by atoms with Gasteiger partial charge in [0.25, 0.3) is 0 Å². The van der Waals surface area contributed by atoms with Crippen LogP contribution in [0.3, 0.4) is 0 Å². The molecule has 0 aliphatic carbocycles. The number of carbonyl (C=O) groups is 1. The largest absolute Gasteiger partial charge is 0.493 e. The van der Waals surface area contributed by atoms with Gasteiger partial charge < -0.3 is 18.6 Å². The zero-order chi connectivity index (χ0) is 19.9. The minimum atomic E-state index is -0.159. The van der Waals surface area contributed by atoms with E-state index in [0.29, 0.717) is 23.0 Å². The molecular weight excluding hydrogens is 376 g/mol. The molecule has 0 radical (unpaired) electrons. The van der Waals surface area contributed by atoms with Gasteiger partial charge in [-0.05, 0) is 42.0 Å². The van der Waals surface area contributed by atoms with Crippen molar-refractivity contribution in [3.8, 4) is 17.2 Å². The molecular formula is C22H22O5S. The minimum Gasteiger partial charge on any atom is -0.493 e. The summed E-state index contributed by atoms with van der Waals surface area (Å²) in [5.74, 6) is 1.93. The molecule has 0 amide bonds. The third kappa shape index (κ3) is 4.51. The first-order valence-corrected chi connectivity index (χ1v) is 9.62. The Hall–Kier alpha value is -2.86. The molecule has 0 aliphatic heterocycles. The summed E-state index contributed by atoms with van der Waals surface area (Å²) in [6, 6.07) is 17.1. The monoisotopic (exact) mass is 398 g/mol. The van der Waals surface area contributed by atoms with Crippen molar-refractivity contribution in [1.29, 1.82) is 0 Å². The Kier molecular flexibility index (Phi) is 6.66. The molecule has 2 aromatic carbocycles. The van der Waals surface area contributed by atoms with Crippen LogP contribution >= 0.6 is 11.8 Å². The Morgan fingerprint density at radius 3 is 2.18 bits per heavy atom. The summed E-state index contributed by atoms with van der Waals surface area (Å²) in [7, 11) is 4.72. The van der Waals surface area contributed by atoms with Crippen LogP contribution in [0.15, 0.2) is 70.2 Å². The van der Waals surface area contributed by atoms with Crippen LogP contribution in [0.2, 0.25) is 0 Å². The zero-order valence-electron chi connectivity index (χ0n) is 16.0. The van der Waals surface area contributed by atoms with Crippen molar-refractivity contribution in [2.45, 2.75) is 16.6 Å². The van der Waals surface area contributed by atoms with E-state index in [1.807, 2.05) is 42.5 Å². The second-order valence-corrected chi connectivity index (χ2v) is 7.26. The Morgan fingerprint density at radius 2 is 1.64 bits per heavy atom. The van der Waals surface area contributed by atoms with Crippen LogP contribution in [0.4, 0.5) is 0 Å². The van der Waals surface area contributed by atoms with Gasteiger partial charge in [-0.15, -0.1) is 11.8 Å². The van der Waals surface area contributed by atoms with E-state index in [2.05, 4.69) is 0 Å². The quantitative estimate of drug-likeness (QED) is 0.355. The van der Waals surface area contributed by atoms with Gasteiger partial charge in [0.05, 0.1) is 27.6 Å². The fourth-order valence-electron chi connectivity index (χ4n) is 2.88. The average molecular weight is 398 g/mol. The molecule has 0 fully saturated rings. The molecule has 5 nitrogen and oxygen atoms in total. The fraction of sp³-hybridized carbons (Fsp3) is 0.227. The lowest BCUT2D eigenvalue weighted by Gasteiger charge is -2.20. The summed E-state index contributed by atoms with van der Waals surface area (Å²) in [5, 5.41) is -0.159. The van der Waals surface area contributed by atoms with Gasteiger partial charge in [-0.3, -0.25) is 4.79 Å². The van der Waals surface area contributed by atoms with Crippen LogP contribution < -0.4 is 14.2 Å². The zero-order valence-corrected chi connectivity index (χ0v) is 16.8. The van der Waals surface area contributed by atoms with Crippen molar-refractivity contribution in [2.24, 2.45) is 0 Å². The highest BCUT2D eigenvalue weighted by Crippen LogP contribution is 2.45. The van der Waals surface area contributed by atoms with Gasteiger partial charge in [0.2, 0.25) is 5.75 Å². The number of hydrogen-bond acceptors (Lipinski definition) is 6. The van der Waals surface area contributed by atoms with E-state index in [4.69, 9.17) is 18.6 Å². The first kappa shape index (κ1) is 19.9. The summed E-state index contributed by atoms with van der Waals surface area (Å²) >= 11 is 1.60. The lowest BCUT2D eigenvalue weighted by molar-refractivity contribution is 0.0955. The van der Waals surface area contributed by atoms with Crippen LogP contribution in [0.1, 0.15) is 27.8 Å². The van der Waals surface area contributed by atoms with E-state index in [9.17, 15) is 4.79 Å². The number of hydrogen-bond donors (Lipinski definition) is 0. The topological polar surface area (TPSA) is 57.9 Å². The molecule has 3 aromatic rings. The number of ketones is 1. The molecule has 0 unspecified atom stereocenters. The normalized spacial score (nSPS) is 11.7. The maximum atomic E-state index is 12.7. The molecule has 1 atom stereocenters. The Morgan fingerprint density at radius 1 is 0.964 bits per heavy atom. The first-order chi connectivity index (χ1) is 13.7. The summed E-state index contributed by atoms with van der Waals surface area (Å²) in [6.07, 6.45) is 1.78. The number of benzene rings is 2. The number of thioether (sulfide) groups is 1. The van der Waals surface area contributed by atoms with E-state index in [0.717, 1.165) is 10.5 Å². The van der Waals surface area contributed by atoms with Crippen LogP contribution in [0.5, 0.6) is 17.2 Å². The molecule has 0 N–H and O–H groups in total. The summed E-state index contributed by atoms with van der Waals surface area (Å²) in [4.78, 5) is 13.8. The van der Waals surface area contributed by atoms with Crippen molar-refractivity contribution >= 4 is 17.5 Å². The third-order valence-corrected chi connectivity index (χ3v) is 5.51. The van der Waals surface area contributed by atoms with Crippen LogP contribution in [-0.2, 0) is 0 Å². The first-order valence-electron chi connectivity index (χ1n) is 8.74. The fourth-order valence-corrected chi connectivity index (χ4v) is 4.03. The number of ether oxygens (including phenoxy) is 3. The maximum absolute atomic E-state index is 12.7. The number of methoxy groups -OCH3 is 3. The molecule has 1 aromatic heterocycles. The van der Waals surface area contributed by atoms with E-state index in [1.165, 1.54) is 6.26 Å². The molecule has 28 heavy (non-hydrogen) atoms. The van der Waals surface area contributed by atoms with Gasteiger partial charge in [-0.2, -0.15) is 0 Å². The molecule has 3 rings (SSSR count). The van der Waals surface area contributed by atoms with Crippen LogP contribution in [-0.4, -0.2) is 27.1 Å². The van der Waals surface area contributed by atoms with E-state index >= 15 is 0 Å². The van der Waals surface area contributed by atoms with Gasteiger partial charge in [0.15, 0.2) is 23.0 Å². The molecule has 146 valence electrons. The molecule has 0 saturated carbocycles. The summed E-state index contributed by atoms with van der Waals surface area (Å²) in [5.41, 5.74) is 0.906. The number of carbonyl (C=O) groups excluding carboxylic acids is 1. The Labute approximate surface area is 168 Å².